The fourth-order valence-electron chi connectivity index (χ4n) is 2.02. The van der Waals surface area contributed by atoms with Crippen molar-refractivity contribution in [1.29, 1.82) is 0 Å². The summed E-state index contributed by atoms with van der Waals surface area (Å²) in [5, 5.41) is 16.0. The van der Waals surface area contributed by atoms with Gasteiger partial charge in [0.25, 0.3) is 0 Å². The number of phenolic OH excluding ortho intramolecular Hbond substituents is 1. The molecule has 0 bridgehead atoms. The molecule has 0 aliphatic rings. The first-order valence-corrected chi connectivity index (χ1v) is 8.74. The quantitative estimate of drug-likeness (QED) is 0.316. The van der Waals surface area contributed by atoms with Crippen molar-refractivity contribution in [2.24, 2.45) is 4.99 Å². The summed E-state index contributed by atoms with van der Waals surface area (Å²) >= 11 is 1.82. The van der Waals surface area contributed by atoms with Crippen LogP contribution >= 0.6 is 11.8 Å². The van der Waals surface area contributed by atoms with Gasteiger partial charge in [-0.15, -0.1) is 11.8 Å². The number of phenols is 1. The average molecular weight is 329 g/mol. The maximum atomic E-state index is 9.48. The molecule has 122 valence electrons. The van der Waals surface area contributed by atoms with Crippen LogP contribution in [0.15, 0.2) is 64.5 Å². The van der Waals surface area contributed by atoms with E-state index in [4.69, 9.17) is 0 Å². The lowest BCUT2D eigenvalue weighted by atomic mass is 10.2. The van der Waals surface area contributed by atoms with E-state index in [0.29, 0.717) is 6.54 Å². The van der Waals surface area contributed by atoms with E-state index in [1.807, 2.05) is 36.9 Å². The van der Waals surface area contributed by atoms with Crippen molar-refractivity contribution in [3.8, 4) is 5.75 Å². The van der Waals surface area contributed by atoms with Crippen molar-refractivity contribution in [3.05, 3.63) is 60.2 Å². The highest BCUT2D eigenvalue weighted by atomic mass is 32.2. The lowest BCUT2D eigenvalue weighted by Crippen LogP contribution is -2.38. The van der Waals surface area contributed by atoms with Gasteiger partial charge < -0.3 is 15.7 Å². The van der Waals surface area contributed by atoms with E-state index in [2.05, 4.69) is 39.9 Å². The Labute approximate surface area is 142 Å². The molecule has 3 N–H and O–H groups in total. The van der Waals surface area contributed by atoms with E-state index in [1.165, 1.54) is 4.90 Å². The number of aliphatic imine (C=N–C) groups is 1. The second-order valence-corrected chi connectivity index (χ2v) is 6.12. The molecule has 2 aromatic carbocycles. The molecule has 0 atom stereocenters. The van der Waals surface area contributed by atoms with E-state index in [-0.39, 0.29) is 5.75 Å². The lowest BCUT2D eigenvalue weighted by molar-refractivity contribution is 0.474. The normalized spacial score (nSPS) is 11.3. The van der Waals surface area contributed by atoms with Crippen LogP contribution in [0.3, 0.4) is 0 Å². The highest BCUT2D eigenvalue weighted by Crippen LogP contribution is 2.15. The van der Waals surface area contributed by atoms with Crippen LogP contribution in [0, 0.1) is 0 Å². The number of nitrogens with one attached hydrogen (secondary N) is 2. The maximum Gasteiger partial charge on any atom is 0.191 e. The van der Waals surface area contributed by atoms with Crippen LogP contribution in [0.5, 0.6) is 5.75 Å². The fraction of sp³-hybridized carbons (Fsp3) is 0.278. The number of aromatic hydroxyl groups is 1. The van der Waals surface area contributed by atoms with Crippen molar-refractivity contribution >= 4 is 17.7 Å². The number of hydrogen-bond donors (Lipinski definition) is 3. The fourth-order valence-corrected chi connectivity index (χ4v) is 2.81. The van der Waals surface area contributed by atoms with Crippen LogP contribution in [0.1, 0.15) is 12.5 Å². The summed E-state index contributed by atoms with van der Waals surface area (Å²) in [4.78, 5) is 5.82. The third-order valence-corrected chi connectivity index (χ3v) is 4.09. The summed E-state index contributed by atoms with van der Waals surface area (Å²) in [5.74, 6) is 2.04. The van der Waals surface area contributed by atoms with Gasteiger partial charge in [-0.1, -0.05) is 30.3 Å². The van der Waals surface area contributed by atoms with Gasteiger partial charge in [0.05, 0.1) is 6.54 Å². The van der Waals surface area contributed by atoms with Crippen LogP contribution in [0.4, 0.5) is 0 Å². The molecule has 0 aromatic heterocycles. The second kappa shape index (κ2) is 9.79. The summed E-state index contributed by atoms with van der Waals surface area (Å²) in [7, 11) is 0. The molecule has 2 aromatic rings. The third kappa shape index (κ3) is 6.65. The summed E-state index contributed by atoms with van der Waals surface area (Å²) in [5.41, 5.74) is 0.987. The molecule has 0 aliphatic carbocycles. The first kappa shape index (κ1) is 17.2. The van der Waals surface area contributed by atoms with Crippen LogP contribution < -0.4 is 10.6 Å². The summed E-state index contributed by atoms with van der Waals surface area (Å²) in [6.45, 7) is 4.24. The largest absolute Gasteiger partial charge is 0.508 e. The van der Waals surface area contributed by atoms with Gasteiger partial charge in [-0.2, -0.15) is 0 Å². The minimum absolute atomic E-state index is 0.273. The van der Waals surface area contributed by atoms with Crippen LogP contribution in [0.2, 0.25) is 0 Å². The summed E-state index contributed by atoms with van der Waals surface area (Å²) in [6.07, 6.45) is 0. The standard InChI is InChI=1S/C18H23N3OS/c1-2-19-18(21-14-15-7-6-8-16(22)13-15)20-11-12-23-17-9-4-3-5-10-17/h3-10,13,22H,2,11-12,14H2,1H3,(H2,19,20,21). The van der Waals surface area contributed by atoms with E-state index in [9.17, 15) is 5.11 Å². The first-order valence-electron chi connectivity index (χ1n) is 7.76. The van der Waals surface area contributed by atoms with Crippen molar-refractivity contribution in [2.75, 3.05) is 18.8 Å². The lowest BCUT2D eigenvalue weighted by Gasteiger charge is -2.11. The van der Waals surface area contributed by atoms with Crippen LogP contribution in [-0.2, 0) is 6.54 Å². The minimum atomic E-state index is 0.273. The SMILES string of the molecule is CCNC(=NCc1cccc(O)c1)NCCSc1ccccc1. The Morgan fingerprint density at radius 2 is 1.91 bits per heavy atom. The number of guanidine groups is 1. The number of hydrogen-bond acceptors (Lipinski definition) is 3. The molecule has 0 unspecified atom stereocenters. The van der Waals surface area contributed by atoms with Crippen molar-refractivity contribution < 1.29 is 5.11 Å². The Hall–Kier alpha value is -2.14. The molecule has 0 fully saturated rings. The smallest absolute Gasteiger partial charge is 0.191 e. The van der Waals surface area contributed by atoms with Gasteiger partial charge >= 0.3 is 0 Å². The van der Waals surface area contributed by atoms with Crippen LogP contribution in [-0.4, -0.2) is 29.9 Å². The zero-order chi connectivity index (χ0) is 16.3. The molecule has 0 amide bonds. The zero-order valence-corrected chi connectivity index (χ0v) is 14.1. The molecular formula is C18H23N3OS. The second-order valence-electron chi connectivity index (χ2n) is 4.95. The molecule has 5 heteroatoms. The van der Waals surface area contributed by atoms with Gasteiger partial charge in [0.2, 0.25) is 0 Å². The summed E-state index contributed by atoms with van der Waals surface area (Å²) in [6, 6.07) is 17.6. The molecule has 23 heavy (non-hydrogen) atoms. The molecule has 0 radical (unpaired) electrons. The van der Waals surface area contributed by atoms with E-state index in [1.54, 1.807) is 12.1 Å². The highest BCUT2D eigenvalue weighted by Gasteiger charge is 1.99. The zero-order valence-electron chi connectivity index (χ0n) is 13.3. The number of benzene rings is 2. The van der Waals surface area contributed by atoms with E-state index < -0.39 is 0 Å². The topological polar surface area (TPSA) is 56.7 Å². The first-order chi connectivity index (χ1) is 11.3. The third-order valence-electron chi connectivity index (χ3n) is 3.08. The molecular weight excluding hydrogens is 306 g/mol. The number of nitrogens with zero attached hydrogens (tertiary/aromatic N) is 1. The molecule has 0 saturated carbocycles. The summed E-state index contributed by atoms with van der Waals surface area (Å²) < 4.78 is 0. The van der Waals surface area contributed by atoms with Crippen LogP contribution in [0.25, 0.3) is 0 Å². The average Bonchev–Trinajstić information content (AvgIpc) is 2.57. The van der Waals surface area contributed by atoms with Gasteiger partial charge in [0.1, 0.15) is 5.75 Å². The molecule has 0 saturated heterocycles. The Bertz CT molecular complexity index is 617. The van der Waals surface area contributed by atoms with Crippen molar-refractivity contribution in [3.63, 3.8) is 0 Å². The Balaban J connectivity index is 1.79. The Morgan fingerprint density at radius 1 is 1.09 bits per heavy atom. The van der Waals surface area contributed by atoms with E-state index in [0.717, 1.165) is 30.4 Å². The highest BCUT2D eigenvalue weighted by molar-refractivity contribution is 7.99. The molecule has 0 heterocycles. The van der Waals surface area contributed by atoms with Crippen molar-refractivity contribution in [2.45, 2.75) is 18.4 Å². The number of rotatable bonds is 7. The maximum absolute atomic E-state index is 9.48. The van der Waals surface area contributed by atoms with Gasteiger partial charge in [0.15, 0.2) is 5.96 Å². The number of thioether (sulfide) groups is 1. The van der Waals surface area contributed by atoms with E-state index >= 15 is 0 Å². The monoisotopic (exact) mass is 329 g/mol. The Morgan fingerprint density at radius 3 is 2.65 bits per heavy atom. The molecule has 0 spiro atoms. The van der Waals surface area contributed by atoms with Crippen molar-refractivity contribution in [1.82, 2.24) is 10.6 Å². The Kier molecular flexibility index (Phi) is 7.33. The van der Waals surface area contributed by atoms with Gasteiger partial charge in [-0.25, -0.2) is 4.99 Å². The molecule has 0 aliphatic heterocycles. The minimum Gasteiger partial charge on any atom is -0.508 e. The molecule has 2 rings (SSSR count). The van der Waals surface area contributed by atoms with Gasteiger partial charge in [0, 0.05) is 23.7 Å². The predicted octanol–water partition coefficient (Wildman–Crippen LogP) is 3.24. The predicted molar refractivity (Wildman–Crippen MR) is 98.1 cm³/mol. The van der Waals surface area contributed by atoms with Gasteiger partial charge in [-0.3, -0.25) is 0 Å². The van der Waals surface area contributed by atoms with Gasteiger partial charge in [-0.05, 0) is 36.8 Å². The molecule has 4 nitrogen and oxygen atoms in total.